The summed E-state index contributed by atoms with van der Waals surface area (Å²) < 4.78 is 31.9. The summed E-state index contributed by atoms with van der Waals surface area (Å²) in [7, 11) is 0. The first-order valence-corrected chi connectivity index (χ1v) is 20.8. The van der Waals surface area contributed by atoms with Crippen LogP contribution in [0.3, 0.4) is 0 Å². The molecule has 19 atom stereocenters. The van der Waals surface area contributed by atoms with E-state index in [1.165, 1.54) is 0 Å². The van der Waals surface area contributed by atoms with Gasteiger partial charge in [0.25, 0.3) is 0 Å². The minimum absolute atomic E-state index is 0.0490. The fraction of sp³-hybridized carbons (Fsp3) is 0.951. The number of hydrogen-bond donors (Lipinski definition) is 10. The van der Waals surface area contributed by atoms with Gasteiger partial charge in [-0.05, 0) is 101 Å². The van der Waals surface area contributed by atoms with E-state index in [1.807, 2.05) is 13.8 Å². The largest absolute Gasteiger partial charge is 0.506 e. The van der Waals surface area contributed by atoms with Crippen LogP contribution in [0.5, 0.6) is 0 Å². The molecule has 3 aliphatic heterocycles. The topological polar surface area (TPSA) is 248 Å². The molecule has 4 aliphatic carbocycles. The molecule has 8 unspecified atom stereocenters. The maximum atomic E-state index is 12.5. The first-order valence-electron chi connectivity index (χ1n) is 20.8. The summed E-state index contributed by atoms with van der Waals surface area (Å²) in [6, 6.07) is 0. The lowest BCUT2D eigenvalue weighted by molar-refractivity contribution is -0.330. The Balaban J connectivity index is 1.32. The average Bonchev–Trinajstić information content (AvgIpc) is 3.73. The Morgan fingerprint density at radius 3 is 2.18 bits per heavy atom. The van der Waals surface area contributed by atoms with Crippen molar-refractivity contribution in [3.05, 3.63) is 11.5 Å². The number of hydrogen-bond acceptors (Lipinski definition) is 15. The van der Waals surface area contributed by atoms with Gasteiger partial charge in [0.05, 0.1) is 54.4 Å². The van der Waals surface area contributed by atoms with Crippen LogP contribution in [0.25, 0.3) is 0 Å². The maximum absolute atomic E-state index is 12.5. The quantitative estimate of drug-likeness (QED) is 0.187. The molecule has 15 heteroatoms. The van der Waals surface area contributed by atoms with E-state index in [0.717, 1.165) is 0 Å². The van der Waals surface area contributed by atoms with Crippen molar-refractivity contribution in [1.29, 1.82) is 0 Å². The second-order valence-electron chi connectivity index (χ2n) is 20.3. The molecule has 56 heavy (non-hydrogen) atoms. The summed E-state index contributed by atoms with van der Waals surface area (Å²) in [6.45, 7) is 13.1. The first kappa shape index (κ1) is 42.9. The van der Waals surface area contributed by atoms with Crippen molar-refractivity contribution in [2.45, 2.75) is 191 Å². The summed E-state index contributed by atoms with van der Waals surface area (Å²) in [5.41, 5.74) is -4.63. The SMILES string of the molecule is CC1(C)C(O)CC[C@@]2(C)C1[C@@H]1C[C@]3(C)C2C[C@@H](O)C2C([C@]4(C)CC[C@H](C(C)(C)O)O4)CC[C@]23OCC[C@H](O)/C(O)=C(/O[C@H]2OC(CO)[C@H](O)C(O)C2O)[C@H](O)O1. The van der Waals surface area contributed by atoms with E-state index in [4.69, 9.17) is 23.7 Å². The molecule has 7 rings (SSSR count). The predicted molar refractivity (Wildman–Crippen MR) is 197 cm³/mol. The van der Waals surface area contributed by atoms with Crippen molar-refractivity contribution in [2.24, 2.45) is 39.9 Å². The molecule has 1 spiro atoms. The van der Waals surface area contributed by atoms with Gasteiger partial charge in [-0.25, -0.2) is 0 Å². The van der Waals surface area contributed by atoms with Crippen molar-refractivity contribution in [1.82, 2.24) is 0 Å². The molecule has 2 saturated heterocycles. The van der Waals surface area contributed by atoms with Crippen LogP contribution in [0.4, 0.5) is 0 Å². The van der Waals surface area contributed by atoms with Crippen LogP contribution in [-0.4, -0.2) is 149 Å². The molecule has 6 fully saturated rings. The van der Waals surface area contributed by atoms with Crippen LogP contribution in [0, 0.1) is 39.9 Å². The standard InChI is InChI=1S/C41H68O15/c1-36(2)25(45)9-12-38(5)24-16-21(44)27-19(40(7)13-10-26(56-40)37(3,4)51)8-14-41(27)39(24,6)17-22(33(36)38)53-34(50)32(28(46)20(43)11-15-52-41)55-35-31(49)30(48)29(47)23(18-42)54-35/h19-27,29-31,33-35,42-51H,8-18H2,1-7H3/b32-28-/t19?,20-,21+,22-,23?,24?,25?,26+,27?,29-,30?,31?,33?,34+,35+,38+,39+,40-,41-/m0/s1. The third-order valence-corrected chi connectivity index (χ3v) is 16.4. The minimum Gasteiger partial charge on any atom is -0.506 e. The van der Waals surface area contributed by atoms with Gasteiger partial charge >= 0.3 is 0 Å². The molecular formula is C41H68O15. The Kier molecular flexibility index (Phi) is 11.1. The molecule has 0 aromatic rings. The van der Waals surface area contributed by atoms with E-state index in [1.54, 1.807) is 13.8 Å². The molecule has 0 radical (unpaired) electrons. The first-order chi connectivity index (χ1) is 26.0. The second kappa shape index (κ2) is 14.5. The van der Waals surface area contributed by atoms with Crippen molar-refractivity contribution in [3.63, 3.8) is 0 Å². The van der Waals surface area contributed by atoms with Gasteiger partial charge in [-0.3, -0.25) is 0 Å². The van der Waals surface area contributed by atoms with E-state index >= 15 is 0 Å². The molecular weight excluding hydrogens is 732 g/mol. The number of aliphatic hydroxyl groups excluding tert-OH is 9. The summed E-state index contributed by atoms with van der Waals surface area (Å²) in [5, 5.41) is 111. The van der Waals surface area contributed by atoms with Crippen LogP contribution in [0.2, 0.25) is 0 Å². The second-order valence-corrected chi connectivity index (χ2v) is 20.3. The molecule has 0 aromatic carbocycles. The molecule has 322 valence electrons. The molecule has 15 nitrogen and oxygen atoms in total. The van der Waals surface area contributed by atoms with Crippen LogP contribution >= 0.6 is 0 Å². The number of ether oxygens (including phenoxy) is 5. The third kappa shape index (κ3) is 6.40. The average molecular weight is 801 g/mol. The Hall–Kier alpha value is -1.18. The van der Waals surface area contributed by atoms with Crippen molar-refractivity contribution < 1.29 is 74.7 Å². The fourth-order valence-electron chi connectivity index (χ4n) is 13.6. The number of fused-ring (bicyclic) bond motifs is 4. The highest BCUT2D eigenvalue weighted by molar-refractivity contribution is 5.25. The van der Waals surface area contributed by atoms with Crippen molar-refractivity contribution >= 4 is 0 Å². The lowest BCUT2D eigenvalue weighted by Crippen LogP contribution is -2.73. The zero-order valence-electron chi connectivity index (χ0n) is 34.0. The highest BCUT2D eigenvalue weighted by Crippen LogP contribution is 2.74. The monoisotopic (exact) mass is 800 g/mol. The Morgan fingerprint density at radius 2 is 1.54 bits per heavy atom. The molecule has 0 amide bonds. The summed E-state index contributed by atoms with van der Waals surface area (Å²) in [5.74, 6) is -2.53. The fourth-order valence-corrected chi connectivity index (χ4v) is 13.6. The highest BCUT2D eigenvalue weighted by atomic mass is 16.7. The van der Waals surface area contributed by atoms with E-state index < -0.39 is 124 Å². The molecule has 2 bridgehead atoms. The van der Waals surface area contributed by atoms with Gasteiger partial charge in [0, 0.05) is 17.8 Å². The van der Waals surface area contributed by atoms with Gasteiger partial charge in [0.1, 0.15) is 30.5 Å². The van der Waals surface area contributed by atoms with Crippen LogP contribution < -0.4 is 0 Å². The van der Waals surface area contributed by atoms with Gasteiger partial charge in [-0.1, -0.05) is 27.7 Å². The third-order valence-electron chi connectivity index (χ3n) is 16.4. The van der Waals surface area contributed by atoms with Crippen molar-refractivity contribution in [3.8, 4) is 0 Å². The van der Waals surface area contributed by atoms with Crippen molar-refractivity contribution in [2.75, 3.05) is 13.2 Å². The van der Waals surface area contributed by atoms with Crippen LogP contribution in [0.15, 0.2) is 11.5 Å². The molecule has 4 saturated carbocycles. The smallest absolute Gasteiger partial charge is 0.229 e. The number of rotatable bonds is 5. The van der Waals surface area contributed by atoms with Crippen LogP contribution in [0.1, 0.15) is 106 Å². The Labute approximate surface area is 329 Å². The molecule has 0 aromatic heterocycles. The van der Waals surface area contributed by atoms with E-state index in [2.05, 4.69) is 20.8 Å². The van der Waals surface area contributed by atoms with Gasteiger partial charge in [0.2, 0.25) is 12.6 Å². The zero-order valence-corrected chi connectivity index (χ0v) is 34.0. The summed E-state index contributed by atoms with van der Waals surface area (Å²) in [4.78, 5) is 0. The van der Waals surface area contributed by atoms with Crippen LogP contribution in [-0.2, 0) is 23.7 Å². The molecule has 10 N–H and O–H groups in total. The maximum Gasteiger partial charge on any atom is 0.229 e. The number of aliphatic hydroxyl groups is 10. The summed E-state index contributed by atoms with van der Waals surface area (Å²) >= 11 is 0. The molecule has 3 heterocycles. The Bertz CT molecular complexity index is 1480. The predicted octanol–water partition coefficient (Wildman–Crippen LogP) is 1.13. The van der Waals surface area contributed by atoms with Gasteiger partial charge in [0.15, 0.2) is 11.5 Å². The van der Waals surface area contributed by atoms with Gasteiger partial charge in [-0.15, -0.1) is 0 Å². The minimum atomic E-state index is -2.04. The van der Waals surface area contributed by atoms with E-state index in [0.29, 0.717) is 51.4 Å². The lowest BCUT2D eigenvalue weighted by Gasteiger charge is -2.72. The normalized spacial score (nSPS) is 55.0. The highest BCUT2D eigenvalue weighted by Gasteiger charge is 2.76. The van der Waals surface area contributed by atoms with Gasteiger partial charge < -0.3 is 74.7 Å². The van der Waals surface area contributed by atoms with E-state index in [-0.39, 0.29) is 31.0 Å². The lowest BCUT2D eigenvalue weighted by atomic mass is 9.36. The van der Waals surface area contributed by atoms with Gasteiger partial charge in [-0.2, -0.15) is 0 Å². The molecule has 7 aliphatic rings. The Morgan fingerprint density at radius 1 is 0.839 bits per heavy atom. The zero-order chi connectivity index (χ0) is 41.1. The van der Waals surface area contributed by atoms with E-state index in [9.17, 15) is 51.1 Å². The summed E-state index contributed by atoms with van der Waals surface area (Å²) in [6.07, 6.45) is -10.5.